The Bertz CT molecular complexity index is 1510. The number of ketones is 1. The zero-order valence-corrected chi connectivity index (χ0v) is 20.4. The summed E-state index contributed by atoms with van der Waals surface area (Å²) in [6.07, 6.45) is 0.371. The van der Waals surface area contributed by atoms with E-state index < -0.39 is 39.4 Å². The number of benzene rings is 3. The molecule has 0 aromatic heterocycles. The van der Waals surface area contributed by atoms with E-state index >= 15 is 0 Å². The lowest BCUT2D eigenvalue weighted by atomic mass is 9.62. The van der Waals surface area contributed by atoms with E-state index in [1.165, 1.54) is 24.3 Å². The standard InChI is InChI=1S/C30H24N2O5/c1-3-30-23(19-12-8-5-9-13-19)22(18-10-6-4-7-11-18)29(2,28(30)35)24-25(30)27(34)31(26(24)33)20-14-16-21(17-15-20)32(36)37/h4-17,24-25H,3H2,1-2H3/t24-,25+,29+,30+/m0/s1. The molecule has 7 nitrogen and oxygen atoms in total. The zero-order valence-electron chi connectivity index (χ0n) is 20.4. The van der Waals surface area contributed by atoms with E-state index in [0.29, 0.717) is 6.42 Å². The first-order valence-electron chi connectivity index (χ1n) is 12.3. The Labute approximate surface area is 213 Å². The summed E-state index contributed by atoms with van der Waals surface area (Å²) in [5, 5.41) is 11.1. The lowest BCUT2D eigenvalue weighted by Gasteiger charge is -2.37. The van der Waals surface area contributed by atoms with Gasteiger partial charge in [-0.2, -0.15) is 0 Å². The maximum atomic E-state index is 14.4. The summed E-state index contributed by atoms with van der Waals surface area (Å²) in [7, 11) is 0. The van der Waals surface area contributed by atoms with Gasteiger partial charge in [0.15, 0.2) is 5.78 Å². The highest BCUT2D eigenvalue weighted by atomic mass is 16.6. The number of nitro benzene ring substituents is 1. The van der Waals surface area contributed by atoms with Gasteiger partial charge in [-0.1, -0.05) is 67.6 Å². The Morgan fingerprint density at radius 3 is 1.81 bits per heavy atom. The molecule has 3 aromatic carbocycles. The Hall–Kier alpha value is -4.39. The Morgan fingerprint density at radius 2 is 1.30 bits per heavy atom. The van der Waals surface area contributed by atoms with Crippen molar-refractivity contribution >= 4 is 40.1 Å². The largest absolute Gasteiger partial charge is 0.298 e. The molecule has 2 amide bonds. The molecule has 6 rings (SSSR count). The summed E-state index contributed by atoms with van der Waals surface area (Å²) in [6, 6.07) is 24.7. The van der Waals surface area contributed by atoms with Crippen LogP contribution in [0.25, 0.3) is 11.1 Å². The van der Waals surface area contributed by atoms with Gasteiger partial charge in [-0.3, -0.25) is 24.5 Å². The van der Waals surface area contributed by atoms with Crippen LogP contribution in [0.4, 0.5) is 11.4 Å². The van der Waals surface area contributed by atoms with Crippen LogP contribution in [0.3, 0.4) is 0 Å². The molecule has 3 aromatic rings. The number of carbonyl (C=O) groups is 3. The van der Waals surface area contributed by atoms with Gasteiger partial charge in [0.1, 0.15) is 0 Å². The summed E-state index contributed by atoms with van der Waals surface area (Å²) in [4.78, 5) is 54.3. The number of fused-ring (bicyclic) bond motifs is 5. The quantitative estimate of drug-likeness (QED) is 0.273. The van der Waals surface area contributed by atoms with Crippen LogP contribution in [-0.2, 0) is 14.4 Å². The molecule has 37 heavy (non-hydrogen) atoms. The van der Waals surface area contributed by atoms with Crippen molar-refractivity contribution in [3.63, 3.8) is 0 Å². The minimum atomic E-state index is -1.20. The van der Waals surface area contributed by atoms with Crippen LogP contribution < -0.4 is 4.90 Å². The fourth-order valence-corrected chi connectivity index (χ4v) is 7.11. The first kappa shape index (κ1) is 23.0. The van der Waals surface area contributed by atoms with Gasteiger partial charge in [-0.25, -0.2) is 4.90 Å². The Balaban J connectivity index is 1.60. The topological polar surface area (TPSA) is 97.6 Å². The second kappa shape index (κ2) is 7.80. The van der Waals surface area contributed by atoms with E-state index in [1.54, 1.807) is 0 Å². The number of nitrogens with zero attached hydrogens (tertiary/aromatic N) is 2. The van der Waals surface area contributed by atoms with Gasteiger partial charge in [-0.05, 0) is 47.8 Å². The predicted molar refractivity (Wildman–Crippen MR) is 138 cm³/mol. The number of allylic oxidation sites excluding steroid dienone is 2. The molecule has 184 valence electrons. The lowest BCUT2D eigenvalue weighted by Crippen LogP contribution is -2.41. The SMILES string of the molecule is CC[C@@]12C(=O)[C@](C)(C(c3ccccc3)=C1c1ccccc1)[C@@H]1C(=O)N(c3ccc([N+](=O)[O-])cc3)C(=O)[C@@H]12. The highest BCUT2D eigenvalue weighted by molar-refractivity contribution is 6.34. The number of amides is 2. The fraction of sp³-hybridized carbons (Fsp3) is 0.233. The second-order valence-electron chi connectivity index (χ2n) is 10.1. The van der Waals surface area contributed by atoms with E-state index in [9.17, 15) is 24.5 Å². The molecule has 0 radical (unpaired) electrons. The van der Waals surface area contributed by atoms with Crippen LogP contribution in [0.2, 0.25) is 0 Å². The van der Waals surface area contributed by atoms with Crippen molar-refractivity contribution in [3.8, 4) is 0 Å². The smallest absolute Gasteiger partial charge is 0.269 e. The molecule has 1 aliphatic heterocycles. The number of Topliss-reactive ketones (excluding diaryl/α,β-unsaturated/α-hetero) is 1. The maximum absolute atomic E-state index is 14.4. The number of nitro groups is 1. The molecule has 4 atom stereocenters. The van der Waals surface area contributed by atoms with Gasteiger partial charge in [-0.15, -0.1) is 0 Å². The van der Waals surface area contributed by atoms with E-state index in [0.717, 1.165) is 27.2 Å². The number of carbonyl (C=O) groups excluding carboxylic acids is 3. The third-order valence-electron chi connectivity index (χ3n) is 8.55. The average Bonchev–Trinajstić information content (AvgIpc) is 3.39. The highest BCUT2D eigenvalue weighted by Crippen LogP contribution is 2.74. The molecule has 2 bridgehead atoms. The predicted octanol–water partition coefficient (Wildman–Crippen LogP) is 5.31. The van der Waals surface area contributed by atoms with Gasteiger partial charge in [0.2, 0.25) is 11.8 Å². The summed E-state index contributed by atoms with van der Waals surface area (Å²) in [5.41, 5.74) is 1.15. The van der Waals surface area contributed by atoms with Crippen molar-refractivity contribution in [3.05, 3.63) is 106 Å². The Kier molecular flexibility index (Phi) is 4.86. The van der Waals surface area contributed by atoms with Crippen LogP contribution >= 0.6 is 0 Å². The molecule has 2 aliphatic carbocycles. The third-order valence-corrected chi connectivity index (χ3v) is 8.55. The number of anilines is 1. The molecule has 1 saturated heterocycles. The number of hydrogen-bond acceptors (Lipinski definition) is 5. The van der Waals surface area contributed by atoms with Gasteiger partial charge in [0, 0.05) is 12.1 Å². The maximum Gasteiger partial charge on any atom is 0.269 e. The Morgan fingerprint density at radius 1 is 0.784 bits per heavy atom. The number of hydrogen-bond donors (Lipinski definition) is 0. The second-order valence-corrected chi connectivity index (χ2v) is 10.1. The van der Waals surface area contributed by atoms with E-state index in [4.69, 9.17) is 0 Å². The lowest BCUT2D eigenvalue weighted by molar-refractivity contribution is -0.384. The number of non-ortho nitro benzene ring substituents is 1. The summed E-state index contributed by atoms with van der Waals surface area (Å²) in [5.74, 6) is -2.65. The molecule has 0 N–H and O–H groups in total. The first-order chi connectivity index (χ1) is 17.8. The normalized spacial score (nSPS) is 28.3. The first-order valence-corrected chi connectivity index (χ1v) is 12.3. The third kappa shape index (κ3) is 2.74. The van der Waals surface area contributed by atoms with Gasteiger partial charge < -0.3 is 0 Å². The van der Waals surface area contributed by atoms with Crippen LogP contribution in [0, 0.1) is 32.8 Å². The number of imide groups is 1. The minimum absolute atomic E-state index is 0.0831. The van der Waals surface area contributed by atoms with Crippen LogP contribution in [0.5, 0.6) is 0 Å². The van der Waals surface area contributed by atoms with Crippen molar-refractivity contribution < 1.29 is 19.3 Å². The summed E-state index contributed by atoms with van der Waals surface area (Å²) < 4.78 is 0. The number of rotatable bonds is 5. The van der Waals surface area contributed by atoms with Crippen LogP contribution in [0.1, 0.15) is 31.4 Å². The molecular weight excluding hydrogens is 468 g/mol. The monoisotopic (exact) mass is 492 g/mol. The average molecular weight is 493 g/mol. The minimum Gasteiger partial charge on any atom is -0.298 e. The highest BCUT2D eigenvalue weighted by Gasteiger charge is 2.79. The van der Waals surface area contributed by atoms with E-state index in [1.807, 2.05) is 74.5 Å². The van der Waals surface area contributed by atoms with E-state index in [2.05, 4.69) is 0 Å². The van der Waals surface area contributed by atoms with Crippen molar-refractivity contribution in [2.24, 2.45) is 22.7 Å². The molecule has 1 heterocycles. The molecule has 7 heteroatoms. The van der Waals surface area contributed by atoms with Gasteiger partial charge in [0.05, 0.1) is 33.3 Å². The molecule has 2 fully saturated rings. The van der Waals surface area contributed by atoms with Crippen molar-refractivity contribution in [1.82, 2.24) is 0 Å². The van der Waals surface area contributed by atoms with Crippen molar-refractivity contribution in [2.75, 3.05) is 4.90 Å². The van der Waals surface area contributed by atoms with Gasteiger partial charge >= 0.3 is 0 Å². The van der Waals surface area contributed by atoms with E-state index in [-0.39, 0.29) is 17.2 Å². The summed E-state index contributed by atoms with van der Waals surface area (Å²) in [6.45, 7) is 3.72. The fourth-order valence-electron chi connectivity index (χ4n) is 7.11. The van der Waals surface area contributed by atoms with Crippen LogP contribution in [-0.4, -0.2) is 22.5 Å². The zero-order chi connectivity index (χ0) is 26.1. The molecular formula is C30H24N2O5. The van der Waals surface area contributed by atoms with Gasteiger partial charge in [0.25, 0.3) is 5.69 Å². The summed E-state index contributed by atoms with van der Waals surface area (Å²) >= 11 is 0. The van der Waals surface area contributed by atoms with Crippen molar-refractivity contribution in [2.45, 2.75) is 20.3 Å². The molecule has 3 aliphatic rings. The van der Waals surface area contributed by atoms with Crippen LogP contribution in [0.15, 0.2) is 84.9 Å². The van der Waals surface area contributed by atoms with Crippen molar-refractivity contribution in [1.29, 1.82) is 0 Å². The molecule has 1 saturated carbocycles. The molecule has 0 unspecified atom stereocenters. The molecule has 0 spiro atoms.